The molecule has 0 aliphatic carbocycles. The minimum Gasteiger partial charge on any atom is -0.497 e. The predicted molar refractivity (Wildman–Crippen MR) is 126 cm³/mol. The zero-order valence-corrected chi connectivity index (χ0v) is 18.3. The van der Waals surface area contributed by atoms with E-state index in [0.717, 1.165) is 32.8 Å². The lowest BCUT2D eigenvalue weighted by Gasteiger charge is -2.10. The first-order valence-electron chi connectivity index (χ1n) is 9.89. The molecule has 1 N–H and O–H groups in total. The van der Waals surface area contributed by atoms with E-state index in [1.165, 1.54) is 0 Å². The Labute approximate surface area is 188 Å². The molecule has 0 amide bonds. The number of thioether (sulfide) groups is 1. The van der Waals surface area contributed by atoms with E-state index >= 15 is 0 Å². The Morgan fingerprint density at radius 3 is 2.50 bits per heavy atom. The van der Waals surface area contributed by atoms with Gasteiger partial charge in [0.25, 0.3) is 5.89 Å². The Balaban J connectivity index is 1.54. The van der Waals surface area contributed by atoms with Crippen molar-refractivity contribution in [3.8, 4) is 28.9 Å². The van der Waals surface area contributed by atoms with Gasteiger partial charge in [-0.3, -0.25) is 0 Å². The van der Waals surface area contributed by atoms with Gasteiger partial charge in [-0.1, -0.05) is 18.2 Å². The van der Waals surface area contributed by atoms with Gasteiger partial charge < -0.3 is 14.5 Å². The second-order valence-electron chi connectivity index (χ2n) is 6.91. The summed E-state index contributed by atoms with van der Waals surface area (Å²) in [5.41, 5.74) is 2.51. The molecule has 32 heavy (non-hydrogen) atoms. The predicted octanol–water partition coefficient (Wildman–Crippen LogP) is 5.82. The third kappa shape index (κ3) is 4.00. The summed E-state index contributed by atoms with van der Waals surface area (Å²) in [5.74, 6) is 2.43. The standard InChI is InChI=1S/C24H19N5O2S/c1-30-17-12-10-15(11-13-17)23-28-29-24(31-23)22-26-20-9-4-3-8-19(20)21(27-22)25-16-6-5-7-18(14-16)32-2/h3-14H,1-2H3,(H,25,26,27). The Hall–Kier alpha value is -3.91. The van der Waals surface area contributed by atoms with Gasteiger partial charge in [0.2, 0.25) is 11.7 Å². The number of fused-ring (bicyclic) bond motifs is 1. The first kappa shape index (κ1) is 20.0. The molecule has 0 aliphatic rings. The van der Waals surface area contributed by atoms with Gasteiger partial charge in [0.1, 0.15) is 11.6 Å². The normalized spacial score (nSPS) is 10.9. The van der Waals surface area contributed by atoms with Crippen LogP contribution < -0.4 is 10.1 Å². The summed E-state index contributed by atoms with van der Waals surface area (Å²) in [7, 11) is 1.62. The number of benzene rings is 3. The van der Waals surface area contributed by atoms with Gasteiger partial charge in [-0.05, 0) is 60.9 Å². The van der Waals surface area contributed by atoms with Crippen LogP contribution in [0.4, 0.5) is 11.5 Å². The van der Waals surface area contributed by atoms with Crippen molar-refractivity contribution in [3.05, 3.63) is 72.8 Å². The molecule has 0 fully saturated rings. The molecule has 158 valence electrons. The smallest absolute Gasteiger partial charge is 0.286 e. The summed E-state index contributed by atoms with van der Waals surface area (Å²) >= 11 is 1.69. The molecule has 5 rings (SSSR count). The highest BCUT2D eigenvalue weighted by Crippen LogP contribution is 2.29. The molecule has 2 heterocycles. The van der Waals surface area contributed by atoms with Crippen LogP contribution in [0.2, 0.25) is 0 Å². The van der Waals surface area contributed by atoms with Crippen molar-refractivity contribution in [2.75, 3.05) is 18.7 Å². The van der Waals surface area contributed by atoms with Crippen molar-refractivity contribution in [1.29, 1.82) is 0 Å². The molecule has 0 atom stereocenters. The molecule has 0 spiro atoms. The van der Waals surface area contributed by atoms with Crippen molar-refractivity contribution in [3.63, 3.8) is 0 Å². The number of para-hydroxylation sites is 1. The van der Waals surface area contributed by atoms with Gasteiger partial charge in [-0.2, -0.15) is 0 Å². The summed E-state index contributed by atoms with van der Waals surface area (Å²) in [6, 6.07) is 23.4. The van der Waals surface area contributed by atoms with E-state index in [1.807, 2.05) is 66.9 Å². The van der Waals surface area contributed by atoms with E-state index in [1.54, 1.807) is 18.9 Å². The number of hydrogen-bond acceptors (Lipinski definition) is 8. The van der Waals surface area contributed by atoms with Gasteiger partial charge >= 0.3 is 0 Å². The highest BCUT2D eigenvalue weighted by atomic mass is 32.2. The Morgan fingerprint density at radius 2 is 1.69 bits per heavy atom. The minimum absolute atomic E-state index is 0.252. The lowest BCUT2D eigenvalue weighted by atomic mass is 10.2. The van der Waals surface area contributed by atoms with E-state index in [0.29, 0.717) is 17.5 Å². The van der Waals surface area contributed by atoms with Crippen molar-refractivity contribution >= 4 is 34.2 Å². The van der Waals surface area contributed by atoms with Crippen LogP contribution in [-0.2, 0) is 0 Å². The monoisotopic (exact) mass is 441 g/mol. The second kappa shape index (κ2) is 8.68. The number of ether oxygens (including phenoxy) is 1. The molecule has 8 heteroatoms. The highest BCUT2D eigenvalue weighted by molar-refractivity contribution is 7.98. The molecule has 3 aromatic carbocycles. The molecular weight excluding hydrogens is 422 g/mol. The average Bonchev–Trinajstić information content (AvgIpc) is 3.34. The van der Waals surface area contributed by atoms with Gasteiger partial charge in [0.15, 0.2) is 0 Å². The summed E-state index contributed by atoms with van der Waals surface area (Å²) in [5, 5.41) is 12.7. The van der Waals surface area contributed by atoms with E-state index in [9.17, 15) is 0 Å². The Morgan fingerprint density at radius 1 is 0.875 bits per heavy atom. The first-order chi connectivity index (χ1) is 15.7. The molecule has 0 aliphatic heterocycles. The quantitative estimate of drug-likeness (QED) is 0.330. The van der Waals surface area contributed by atoms with Crippen molar-refractivity contribution < 1.29 is 9.15 Å². The molecule has 0 saturated heterocycles. The SMILES string of the molecule is COc1ccc(-c2nnc(-c3nc(Nc4cccc(SC)c4)c4ccccc4n3)o2)cc1. The number of aromatic nitrogens is 4. The van der Waals surface area contributed by atoms with Crippen LogP contribution in [0.25, 0.3) is 34.1 Å². The molecule has 0 radical (unpaired) electrons. The molecular formula is C24H19N5O2S. The van der Waals surface area contributed by atoms with Crippen molar-refractivity contribution in [2.24, 2.45) is 0 Å². The molecule has 5 aromatic rings. The average molecular weight is 442 g/mol. The lowest BCUT2D eigenvalue weighted by Crippen LogP contribution is -1.99. The van der Waals surface area contributed by atoms with Crippen LogP contribution in [0.15, 0.2) is 82.1 Å². The third-order valence-corrected chi connectivity index (χ3v) is 5.61. The molecule has 0 bridgehead atoms. The largest absolute Gasteiger partial charge is 0.497 e. The van der Waals surface area contributed by atoms with Crippen LogP contribution in [-0.4, -0.2) is 33.5 Å². The summed E-state index contributed by atoms with van der Waals surface area (Å²) in [4.78, 5) is 10.5. The van der Waals surface area contributed by atoms with Crippen LogP contribution in [0.1, 0.15) is 0 Å². The van der Waals surface area contributed by atoms with Gasteiger partial charge in [0.05, 0.1) is 12.6 Å². The van der Waals surface area contributed by atoms with E-state index in [-0.39, 0.29) is 5.89 Å². The molecule has 0 saturated carbocycles. The Bertz CT molecular complexity index is 1390. The fourth-order valence-corrected chi connectivity index (χ4v) is 3.73. The summed E-state index contributed by atoms with van der Waals surface area (Å²) in [6.07, 6.45) is 2.05. The fourth-order valence-electron chi connectivity index (χ4n) is 3.27. The van der Waals surface area contributed by atoms with Gasteiger partial charge in [0, 0.05) is 21.5 Å². The molecule has 0 unspecified atom stereocenters. The number of hydrogen-bond donors (Lipinski definition) is 1. The molecule has 2 aromatic heterocycles. The number of nitrogens with one attached hydrogen (secondary N) is 1. The van der Waals surface area contributed by atoms with E-state index < -0.39 is 0 Å². The maximum atomic E-state index is 5.90. The maximum absolute atomic E-state index is 5.90. The third-order valence-electron chi connectivity index (χ3n) is 4.89. The Kier molecular flexibility index (Phi) is 5.43. The lowest BCUT2D eigenvalue weighted by molar-refractivity contribution is 0.415. The van der Waals surface area contributed by atoms with Gasteiger partial charge in [-0.25, -0.2) is 9.97 Å². The topological polar surface area (TPSA) is 86.0 Å². The number of methoxy groups -OCH3 is 1. The zero-order chi connectivity index (χ0) is 21.9. The van der Waals surface area contributed by atoms with Crippen LogP contribution in [0, 0.1) is 0 Å². The van der Waals surface area contributed by atoms with Crippen LogP contribution >= 0.6 is 11.8 Å². The van der Waals surface area contributed by atoms with E-state index in [4.69, 9.17) is 14.1 Å². The van der Waals surface area contributed by atoms with Crippen LogP contribution in [0.5, 0.6) is 5.75 Å². The number of anilines is 2. The second-order valence-corrected chi connectivity index (χ2v) is 7.79. The molecule has 7 nitrogen and oxygen atoms in total. The number of rotatable bonds is 6. The van der Waals surface area contributed by atoms with Crippen LogP contribution in [0.3, 0.4) is 0 Å². The maximum Gasteiger partial charge on any atom is 0.286 e. The minimum atomic E-state index is 0.252. The van der Waals surface area contributed by atoms with Crippen molar-refractivity contribution in [2.45, 2.75) is 4.90 Å². The fraction of sp³-hybridized carbons (Fsp3) is 0.0833. The summed E-state index contributed by atoms with van der Waals surface area (Å²) in [6.45, 7) is 0. The number of nitrogens with zero attached hydrogens (tertiary/aromatic N) is 4. The zero-order valence-electron chi connectivity index (χ0n) is 17.4. The highest BCUT2D eigenvalue weighted by Gasteiger charge is 2.16. The summed E-state index contributed by atoms with van der Waals surface area (Å²) < 4.78 is 11.1. The first-order valence-corrected chi connectivity index (χ1v) is 11.1. The van der Waals surface area contributed by atoms with E-state index in [2.05, 4.69) is 32.6 Å². The van der Waals surface area contributed by atoms with Gasteiger partial charge in [-0.15, -0.1) is 22.0 Å². The van der Waals surface area contributed by atoms with Crippen molar-refractivity contribution in [1.82, 2.24) is 20.2 Å².